The summed E-state index contributed by atoms with van der Waals surface area (Å²) in [5.74, 6) is 0.466. The van der Waals surface area contributed by atoms with Crippen molar-refractivity contribution in [3.05, 3.63) is 87.1 Å². The van der Waals surface area contributed by atoms with E-state index in [2.05, 4.69) is 9.72 Å². The number of ether oxygens (including phenoxy) is 1. The molecule has 2 aromatic carbocycles. The molecule has 2 heterocycles. The summed E-state index contributed by atoms with van der Waals surface area (Å²) in [5, 5.41) is 4.42. The Morgan fingerprint density at radius 2 is 1.82 bits per heavy atom. The Morgan fingerprint density at radius 1 is 1.04 bits per heavy atom. The number of benzene rings is 2. The van der Waals surface area contributed by atoms with Gasteiger partial charge in [0.25, 0.3) is 5.56 Å². The highest BCUT2D eigenvalue weighted by Gasteiger charge is 2.12. The number of alkyl halides is 2. The third kappa shape index (κ3) is 3.70. The van der Waals surface area contributed by atoms with Gasteiger partial charge in [-0.2, -0.15) is 20.1 Å². The summed E-state index contributed by atoms with van der Waals surface area (Å²) in [5.41, 5.74) is 1.86. The van der Waals surface area contributed by atoms with Crippen LogP contribution < -0.4 is 10.3 Å². The van der Waals surface area contributed by atoms with Gasteiger partial charge in [0.1, 0.15) is 11.6 Å². The van der Waals surface area contributed by atoms with Crippen molar-refractivity contribution < 1.29 is 13.5 Å². The van der Waals surface area contributed by atoms with Gasteiger partial charge in [-0.05, 0) is 64.9 Å². The van der Waals surface area contributed by atoms with Crippen LogP contribution in [0.15, 0.2) is 70.2 Å². The second kappa shape index (κ2) is 7.74. The van der Waals surface area contributed by atoms with Crippen LogP contribution in [-0.2, 0) is 0 Å². The van der Waals surface area contributed by atoms with Crippen molar-refractivity contribution >= 4 is 34.4 Å². The predicted molar refractivity (Wildman–Crippen MR) is 107 cm³/mol. The number of hydrogen-bond donors (Lipinski definition) is 0. The van der Waals surface area contributed by atoms with Crippen molar-refractivity contribution in [3.63, 3.8) is 0 Å². The Morgan fingerprint density at radius 3 is 2.54 bits per heavy atom. The number of aromatic nitrogens is 2. The molecule has 0 saturated carbocycles. The first-order valence-electron chi connectivity index (χ1n) is 8.39. The minimum absolute atomic E-state index is 0.0240. The van der Waals surface area contributed by atoms with Crippen LogP contribution >= 0.6 is 11.3 Å². The van der Waals surface area contributed by atoms with Crippen LogP contribution in [0.3, 0.4) is 0 Å². The van der Waals surface area contributed by atoms with Crippen molar-refractivity contribution in [2.24, 2.45) is 0 Å². The van der Waals surface area contributed by atoms with E-state index in [9.17, 15) is 13.6 Å². The van der Waals surface area contributed by atoms with Gasteiger partial charge in [0.05, 0.1) is 16.6 Å². The average molecular weight is 396 g/mol. The van der Waals surface area contributed by atoms with Crippen LogP contribution in [-0.4, -0.2) is 16.2 Å². The van der Waals surface area contributed by atoms with Crippen LogP contribution in [0.4, 0.5) is 8.78 Å². The molecule has 0 unspecified atom stereocenters. The smallest absolute Gasteiger partial charge is 0.387 e. The molecule has 0 fully saturated rings. The first kappa shape index (κ1) is 18.1. The van der Waals surface area contributed by atoms with Gasteiger partial charge in [-0.15, -0.1) is 0 Å². The first-order chi connectivity index (χ1) is 13.6. The van der Waals surface area contributed by atoms with E-state index in [1.807, 2.05) is 29.0 Å². The van der Waals surface area contributed by atoms with Crippen LogP contribution in [0.2, 0.25) is 0 Å². The summed E-state index contributed by atoms with van der Waals surface area (Å²) in [6.45, 7) is -2.90. The number of hydrogen-bond acceptors (Lipinski definition) is 4. The second-order valence-electron chi connectivity index (χ2n) is 5.89. The Kier molecular flexibility index (Phi) is 4.99. The highest BCUT2D eigenvalue weighted by atomic mass is 32.1. The van der Waals surface area contributed by atoms with E-state index in [4.69, 9.17) is 0 Å². The summed E-state index contributed by atoms with van der Waals surface area (Å²) in [6, 6.07) is 14.9. The van der Waals surface area contributed by atoms with Crippen molar-refractivity contribution in [3.8, 4) is 11.4 Å². The van der Waals surface area contributed by atoms with Crippen molar-refractivity contribution in [2.75, 3.05) is 0 Å². The Bertz CT molecular complexity index is 1180. The number of thiophene rings is 1. The maximum atomic E-state index is 13.1. The van der Waals surface area contributed by atoms with Gasteiger partial charge in [-0.3, -0.25) is 9.36 Å². The quantitative estimate of drug-likeness (QED) is 0.465. The Hall–Kier alpha value is -3.32. The van der Waals surface area contributed by atoms with Gasteiger partial charge in [0.15, 0.2) is 0 Å². The molecule has 0 atom stereocenters. The molecular formula is C21H14F2N2O2S. The fourth-order valence-electron chi connectivity index (χ4n) is 2.83. The van der Waals surface area contributed by atoms with Crippen molar-refractivity contribution in [1.29, 1.82) is 0 Å². The molecule has 4 aromatic rings. The molecule has 0 aliphatic carbocycles. The van der Waals surface area contributed by atoms with Crippen molar-refractivity contribution in [1.82, 2.24) is 9.55 Å². The zero-order valence-electron chi connectivity index (χ0n) is 14.5. The molecule has 0 N–H and O–H groups in total. The lowest BCUT2D eigenvalue weighted by molar-refractivity contribution is -0.0498. The Balaban J connectivity index is 1.86. The zero-order chi connectivity index (χ0) is 19.5. The Labute approximate surface area is 163 Å². The van der Waals surface area contributed by atoms with E-state index < -0.39 is 6.61 Å². The maximum Gasteiger partial charge on any atom is 0.387 e. The number of para-hydroxylation sites is 1. The highest BCUT2D eigenvalue weighted by molar-refractivity contribution is 7.08. The van der Waals surface area contributed by atoms with Gasteiger partial charge in [0.2, 0.25) is 0 Å². The monoisotopic (exact) mass is 396 g/mol. The molecular weight excluding hydrogens is 382 g/mol. The van der Waals surface area contributed by atoms with Gasteiger partial charge in [0, 0.05) is 0 Å². The molecule has 0 aliphatic rings. The first-order valence-corrected chi connectivity index (χ1v) is 9.33. The van der Waals surface area contributed by atoms with Crippen LogP contribution in [0.1, 0.15) is 11.4 Å². The molecule has 0 saturated heterocycles. The molecule has 0 aliphatic heterocycles. The van der Waals surface area contributed by atoms with Gasteiger partial charge >= 0.3 is 6.61 Å². The lowest BCUT2D eigenvalue weighted by Gasteiger charge is -2.12. The summed E-state index contributed by atoms with van der Waals surface area (Å²) in [4.78, 5) is 17.7. The molecule has 7 heteroatoms. The molecule has 28 heavy (non-hydrogen) atoms. The van der Waals surface area contributed by atoms with E-state index in [0.717, 1.165) is 5.56 Å². The summed E-state index contributed by atoms with van der Waals surface area (Å²) < 4.78 is 30.6. The summed E-state index contributed by atoms with van der Waals surface area (Å²) >= 11 is 1.57. The highest BCUT2D eigenvalue weighted by Crippen LogP contribution is 2.20. The molecule has 4 rings (SSSR count). The number of halogens is 2. The molecule has 0 spiro atoms. The molecule has 0 amide bonds. The molecule has 0 radical (unpaired) electrons. The fraction of sp³-hybridized carbons (Fsp3) is 0.0476. The topological polar surface area (TPSA) is 44.1 Å². The largest absolute Gasteiger partial charge is 0.435 e. The van der Waals surface area contributed by atoms with E-state index in [-0.39, 0.29) is 11.3 Å². The third-order valence-corrected chi connectivity index (χ3v) is 4.79. The molecule has 140 valence electrons. The maximum absolute atomic E-state index is 13.1. The molecule has 0 bridgehead atoms. The van der Waals surface area contributed by atoms with Crippen molar-refractivity contribution in [2.45, 2.75) is 6.61 Å². The fourth-order valence-corrected chi connectivity index (χ4v) is 3.46. The minimum atomic E-state index is -2.90. The number of nitrogens with zero attached hydrogens (tertiary/aromatic N) is 2. The molecule has 2 aromatic heterocycles. The SMILES string of the molecule is O=c1c2ccccc2nc(/C=C/c2ccsc2)n1-c1ccc(OC(F)F)cc1. The predicted octanol–water partition coefficient (Wildman–Crippen LogP) is 5.22. The number of rotatable bonds is 5. The van der Waals surface area contributed by atoms with E-state index >= 15 is 0 Å². The second-order valence-corrected chi connectivity index (χ2v) is 6.67. The molecule has 4 nitrogen and oxygen atoms in total. The van der Waals surface area contributed by atoms with E-state index in [0.29, 0.717) is 22.4 Å². The standard InChI is InChI=1S/C21H14F2N2O2S/c22-21(23)27-16-8-6-15(7-9-16)25-19(10-5-14-11-12-28-13-14)24-18-4-2-1-3-17(18)20(25)26/h1-13,21H/b10-5+. The average Bonchev–Trinajstić information content (AvgIpc) is 3.21. The summed E-state index contributed by atoms with van der Waals surface area (Å²) in [7, 11) is 0. The van der Waals surface area contributed by atoms with Gasteiger partial charge in [-0.1, -0.05) is 18.2 Å². The minimum Gasteiger partial charge on any atom is -0.435 e. The number of fused-ring (bicyclic) bond motifs is 1. The van der Waals surface area contributed by atoms with E-state index in [1.54, 1.807) is 47.7 Å². The van der Waals surface area contributed by atoms with Gasteiger partial charge < -0.3 is 4.74 Å². The lowest BCUT2D eigenvalue weighted by Crippen LogP contribution is -2.22. The van der Waals surface area contributed by atoms with Gasteiger partial charge in [-0.25, -0.2) is 4.98 Å². The van der Waals surface area contributed by atoms with E-state index in [1.165, 1.54) is 16.7 Å². The van der Waals surface area contributed by atoms with Crippen LogP contribution in [0.5, 0.6) is 5.75 Å². The zero-order valence-corrected chi connectivity index (χ0v) is 15.3. The lowest BCUT2D eigenvalue weighted by atomic mass is 10.2. The third-order valence-electron chi connectivity index (χ3n) is 4.09. The summed E-state index contributed by atoms with van der Waals surface area (Å²) in [6.07, 6.45) is 3.64. The normalized spacial score (nSPS) is 11.5. The van der Waals surface area contributed by atoms with Crippen LogP contribution in [0.25, 0.3) is 28.7 Å². The van der Waals surface area contributed by atoms with Crippen LogP contribution in [0, 0.1) is 0 Å².